The van der Waals surface area contributed by atoms with E-state index in [9.17, 15) is 14.4 Å². The lowest BCUT2D eigenvalue weighted by Gasteiger charge is -2.11. The highest BCUT2D eigenvalue weighted by Gasteiger charge is 2.19. The van der Waals surface area contributed by atoms with Gasteiger partial charge in [-0.3, -0.25) is 4.79 Å². The Labute approximate surface area is 159 Å². The number of carbonyl (C=O) groups is 3. The summed E-state index contributed by atoms with van der Waals surface area (Å²) in [5.74, 6) is -1.75. The number of ether oxygens (including phenoxy) is 2. The molecule has 138 valence electrons. The van der Waals surface area contributed by atoms with Crippen molar-refractivity contribution in [3.63, 3.8) is 0 Å². The maximum Gasteiger partial charge on any atom is 0.339 e. The molecule has 27 heavy (non-hydrogen) atoms. The Morgan fingerprint density at radius 3 is 2.41 bits per heavy atom. The average molecular weight is 387 g/mol. The van der Waals surface area contributed by atoms with Crippen molar-refractivity contribution in [2.75, 3.05) is 19.5 Å². The number of esters is 2. The van der Waals surface area contributed by atoms with Crippen LogP contribution in [0.5, 0.6) is 0 Å². The molecule has 0 saturated heterocycles. The summed E-state index contributed by atoms with van der Waals surface area (Å²) in [4.78, 5) is 39.3. The Kier molecular flexibility index (Phi) is 5.14. The zero-order valence-corrected chi connectivity index (χ0v) is 15.2. The van der Waals surface area contributed by atoms with Crippen molar-refractivity contribution >= 4 is 46.0 Å². The molecular formula is C19H15ClN2O5. The number of halogens is 1. The van der Waals surface area contributed by atoms with Crippen LogP contribution in [0.1, 0.15) is 31.2 Å². The van der Waals surface area contributed by atoms with Gasteiger partial charge in [0.25, 0.3) is 5.91 Å². The number of carbonyl (C=O) groups excluding carboxylic acids is 3. The summed E-state index contributed by atoms with van der Waals surface area (Å²) in [6.45, 7) is 0. The molecule has 1 heterocycles. The van der Waals surface area contributed by atoms with Crippen LogP contribution in [0.3, 0.4) is 0 Å². The van der Waals surface area contributed by atoms with E-state index in [4.69, 9.17) is 16.3 Å². The van der Waals surface area contributed by atoms with E-state index in [1.54, 1.807) is 18.2 Å². The van der Waals surface area contributed by atoms with E-state index in [0.29, 0.717) is 10.5 Å². The topological polar surface area (TPSA) is 97.5 Å². The Morgan fingerprint density at radius 2 is 1.74 bits per heavy atom. The molecule has 0 radical (unpaired) electrons. The molecular weight excluding hydrogens is 372 g/mol. The number of anilines is 1. The second kappa shape index (κ2) is 7.51. The smallest absolute Gasteiger partial charge is 0.339 e. The van der Waals surface area contributed by atoms with E-state index < -0.39 is 17.8 Å². The van der Waals surface area contributed by atoms with Crippen LogP contribution in [0.25, 0.3) is 10.9 Å². The van der Waals surface area contributed by atoms with Crippen LogP contribution in [0.15, 0.2) is 42.5 Å². The first-order valence-electron chi connectivity index (χ1n) is 7.84. The Hall–Kier alpha value is -3.32. The van der Waals surface area contributed by atoms with Gasteiger partial charge in [-0.25, -0.2) is 9.59 Å². The number of benzene rings is 2. The van der Waals surface area contributed by atoms with Gasteiger partial charge in [0.2, 0.25) is 0 Å². The van der Waals surface area contributed by atoms with Crippen LogP contribution >= 0.6 is 11.6 Å². The van der Waals surface area contributed by atoms with E-state index in [0.717, 1.165) is 5.39 Å². The number of hydrogen-bond donors (Lipinski definition) is 2. The molecule has 0 atom stereocenters. The number of para-hydroxylation sites is 1. The summed E-state index contributed by atoms with van der Waals surface area (Å²) in [6, 6.07) is 11.1. The second-order valence-corrected chi connectivity index (χ2v) is 5.99. The molecule has 3 aromatic rings. The van der Waals surface area contributed by atoms with Crippen molar-refractivity contribution in [1.82, 2.24) is 4.98 Å². The average Bonchev–Trinajstić information content (AvgIpc) is 3.12. The van der Waals surface area contributed by atoms with Gasteiger partial charge in [0.15, 0.2) is 0 Å². The van der Waals surface area contributed by atoms with E-state index in [1.165, 1.54) is 32.4 Å². The summed E-state index contributed by atoms with van der Waals surface area (Å²) in [5, 5.41) is 3.87. The molecule has 2 aromatic carbocycles. The largest absolute Gasteiger partial charge is 0.465 e. The predicted molar refractivity (Wildman–Crippen MR) is 100 cm³/mol. The van der Waals surface area contributed by atoms with Crippen LogP contribution in [-0.2, 0) is 9.47 Å². The number of hydrogen-bond acceptors (Lipinski definition) is 5. The standard InChI is InChI=1S/C19H15ClN2O5/c1-26-18(24)11-6-7-12(19(25)27-2)14(9-11)22-17(23)15-8-10-4-3-5-13(20)16(10)21-15/h3-9,21H,1-2H3,(H,22,23). The number of aromatic amines is 1. The van der Waals surface area contributed by atoms with Crippen molar-refractivity contribution in [3.8, 4) is 0 Å². The number of fused-ring (bicyclic) bond motifs is 1. The molecule has 0 saturated carbocycles. The first-order chi connectivity index (χ1) is 12.9. The van der Waals surface area contributed by atoms with Crippen LogP contribution in [0.4, 0.5) is 5.69 Å². The lowest BCUT2D eigenvalue weighted by atomic mass is 10.1. The summed E-state index contributed by atoms with van der Waals surface area (Å²) >= 11 is 6.12. The van der Waals surface area contributed by atoms with Crippen molar-refractivity contribution in [2.45, 2.75) is 0 Å². The van der Waals surface area contributed by atoms with Crippen LogP contribution in [0, 0.1) is 0 Å². The van der Waals surface area contributed by atoms with Gasteiger partial charge < -0.3 is 19.8 Å². The number of aromatic nitrogens is 1. The first kappa shape index (κ1) is 18.5. The minimum absolute atomic E-state index is 0.104. The predicted octanol–water partition coefficient (Wildman–Crippen LogP) is 3.65. The van der Waals surface area contributed by atoms with Gasteiger partial charge in [-0.15, -0.1) is 0 Å². The van der Waals surface area contributed by atoms with Gasteiger partial charge in [0.05, 0.1) is 41.6 Å². The molecule has 2 N–H and O–H groups in total. The van der Waals surface area contributed by atoms with E-state index in [1.807, 2.05) is 6.07 Å². The zero-order chi connectivity index (χ0) is 19.6. The second-order valence-electron chi connectivity index (χ2n) is 5.58. The van der Waals surface area contributed by atoms with Crippen molar-refractivity contribution in [2.24, 2.45) is 0 Å². The first-order valence-corrected chi connectivity index (χ1v) is 8.21. The molecule has 3 rings (SSSR count). The molecule has 0 unspecified atom stereocenters. The maximum absolute atomic E-state index is 12.7. The quantitative estimate of drug-likeness (QED) is 0.667. The molecule has 0 aliphatic heterocycles. The Balaban J connectivity index is 1.98. The molecule has 0 fully saturated rings. The fourth-order valence-electron chi connectivity index (χ4n) is 2.61. The minimum Gasteiger partial charge on any atom is -0.465 e. The monoisotopic (exact) mass is 386 g/mol. The third kappa shape index (κ3) is 3.63. The van der Waals surface area contributed by atoms with E-state index in [-0.39, 0.29) is 22.5 Å². The maximum atomic E-state index is 12.7. The summed E-state index contributed by atoms with van der Waals surface area (Å²) in [6.07, 6.45) is 0. The number of methoxy groups -OCH3 is 2. The molecule has 0 aliphatic rings. The highest BCUT2D eigenvalue weighted by Crippen LogP contribution is 2.25. The summed E-state index contributed by atoms with van der Waals surface area (Å²) < 4.78 is 9.39. The van der Waals surface area contributed by atoms with Crippen LogP contribution in [-0.4, -0.2) is 37.0 Å². The third-order valence-corrected chi connectivity index (χ3v) is 4.26. The Morgan fingerprint density at radius 1 is 1.00 bits per heavy atom. The highest BCUT2D eigenvalue weighted by atomic mass is 35.5. The third-order valence-electron chi connectivity index (χ3n) is 3.94. The van der Waals surface area contributed by atoms with Crippen molar-refractivity contribution in [1.29, 1.82) is 0 Å². The van der Waals surface area contributed by atoms with Gasteiger partial charge in [0, 0.05) is 5.39 Å². The van der Waals surface area contributed by atoms with Crippen LogP contribution in [0.2, 0.25) is 5.02 Å². The molecule has 1 aromatic heterocycles. The number of rotatable bonds is 4. The lowest BCUT2D eigenvalue weighted by molar-refractivity contribution is 0.0587. The molecule has 0 aliphatic carbocycles. The fraction of sp³-hybridized carbons (Fsp3) is 0.105. The number of amides is 1. The van der Waals surface area contributed by atoms with Gasteiger partial charge in [-0.05, 0) is 30.3 Å². The van der Waals surface area contributed by atoms with Gasteiger partial charge in [0.1, 0.15) is 5.69 Å². The molecule has 1 amide bonds. The van der Waals surface area contributed by atoms with Crippen molar-refractivity contribution in [3.05, 3.63) is 64.3 Å². The summed E-state index contributed by atoms with van der Waals surface area (Å²) in [7, 11) is 2.46. The van der Waals surface area contributed by atoms with E-state index in [2.05, 4.69) is 15.0 Å². The lowest BCUT2D eigenvalue weighted by Crippen LogP contribution is -2.16. The summed E-state index contributed by atoms with van der Waals surface area (Å²) in [5.41, 5.74) is 1.28. The van der Waals surface area contributed by atoms with Crippen LogP contribution < -0.4 is 5.32 Å². The SMILES string of the molecule is COC(=O)c1ccc(C(=O)OC)c(NC(=O)c2cc3cccc(Cl)c3[nH]2)c1. The zero-order valence-electron chi connectivity index (χ0n) is 14.5. The molecule has 0 bridgehead atoms. The Bertz CT molecular complexity index is 1060. The molecule has 8 heteroatoms. The normalized spacial score (nSPS) is 10.5. The highest BCUT2D eigenvalue weighted by molar-refractivity contribution is 6.35. The van der Waals surface area contributed by atoms with Gasteiger partial charge in [-0.2, -0.15) is 0 Å². The molecule has 0 spiro atoms. The van der Waals surface area contributed by atoms with Crippen molar-refractivity contribution < 1.29 is 23.9 Å². The number of nitrogens with one attached hydrogen (secondary N) is 2. The fourth-order valence-corrected chi connectivity index (χ4v) is 2.84. The van der Waals surface area contributed by atoms with Gasteiger partial charge in [-0.1, -0.05) is 23.7 Å². The van der Waals surface area contributed by atoms with Gasteiger partial charge >= 0.3 is 11.9 Å². The minimum atomic E-state index is -0.651. The van der Waals surface area contributed by atoms with E-state index >= 15 is 0 Å². The molecule has 7 nitrogen and oxygen atoms in total. The number of H-pyrrole nitrogens is 1.